The molecule has 0 radical (unpaired) electrons. The smallest absolute Gasteiger partial charge is 0.255 e. The van der Waals surface area contributed by atoms with Crippen LogP contribution in [0.25, 0.3) is 0 Å². The van der Waals surface area contributed by atoms with Crippen molar-refractivity contribution in [2.75, 3.05) is 24.3 Å². The topological polar surface area (TPSA) is 109 Å². The summed E-state index contributed by atoms with van der Waals surface area (Å²) in [5, 5.41) is 8.34. The molecule has 3 N–H and O–H groups in total. The van der Waals surface area contributed by atoms with Gasteiger partial charge in [0, 0.05) is 47.9 Å². The molecule has 0 saturated heterocycles. The molecule has 0 atom stereocenters. The summed E-state index contributed by atoms with van der Waals surface area (Å²) < 4.78 is 5.07. The second-order valence-electron chi connectivity index (χ2n) is 6.91. The van der Waals surface area contributed by atoms with Crippen molar-refractivity contribution in [1.82, 2.24) is 10.3 Å². The van der Waals surface area contributed by atoms with E-state index in [1.807, 2.05) is 0 Å². The van der Waals surface area contributed by atoms with Gasteiger partial charge < -0.3 is 20.7 Å². The van der Waals surface area contributed by atoms with Gasteiger partial charge in [0.1, 0.15) is 5.75 Å². The highest BCUT2D eigenvalue weighted by atomic mass is 16.5. The summed E-state index contributed by atoms with van der Waals surface area (Å²) in [5.41, 5.74) is 2.11. The van der Waals surface area contributed by atoms with Crippen LogP contribution in [0.5, 0.6) is 5.75 Å². The molecule has 0 aliphatic heterocycles. The molecule has 1 heterocycles. The fourth-order valence-electron chi connectivity index (χ4n) is 2.90. The fourth-order valence-corrected chi connectivity index (χ4v) is 2.90. The van der Waals surface area contributed by atoms with Gasteiger partial charge in [-0.15, -0.1) is 0 Å². The summed E-state index contributed by atoms with van der Waals surface area (Å²) in [6.45, 7) is 0.368. The Morgan fingerprint density at radius 3 is 2.31 bits per heavy atom. The number of hydrogen-bond donors (Lipinski definition) is 3. The molecule has 3 aromatic rings. The van der Waals surface area contributed by atoms with Gasteiger partial charge >= 0.3 is 0 Å². The first-order chi connectivity index (χ1) is 15.5. The highest BCUT2D eigenvalue weighted by Gasteiger charge is 2.09. The number of carbonyl (C=O) groups excluding carboxylic acids is 3. The molecule has 0 saturated carbocycles. The zero-order chi connectivity index (χ0) is 22.8. The minimum absolute atomic E-state index is 0.199. The van der Waals surface area contributed by atoms with E-state index in [9.17, 15) is 14.4 Å². The standard InChI is InChI=1S/C24H24N4O4/c1-32-21-9-7-17(8-10-21)23(30)26-13-3-6-22(29)27-20-5-2-4-18(16-20)24(31)28-19-11-14-25-15-12-19/h2,4-5,7-12,14-16H,3,6,13H2,1H3,(H,26,30)(H,27,29)(H,25,28,31). The minimum Gasteiger partial charge on any atom is -0.497 e. The van der Waals surface area contributed by atoms with Crippen molar-refractivity contribution in [2.45, 2.75) is 12.8 Å². The van der Waals surface area contributed by atoms with Crippen LogP contribution < -0.4 is 20.7 Å². The predicted octanol–water partition coefficient (Wildman–Crippen LogP) is 3.49. The van der Waals surface area contributed by atoms with Gasteiger partial charge in [-0.05, 0) is 61.0 Å². The van der Waals surface area contributed by atoms with Crippen LogP contribution in [0.2, 0.25) is 0 Å². The lowest BCUT2D eigenvalue weighted by Gasteiger charge is -2.09. The molecular weight excluding hydrogens is 408 g/mol. The molecule has 0 fully saturated rings. The van der Waals surface area contributed by atoms with Crippen molar-refractivity contribution in [3.05, 3.63) is 84.2 Å². The maximum atomic E-state index is 12.4. The number of pyridine rings is 1. The lowest BCUT2D eigenvalue weighted by atomic mass is 10.1. The van der Waals surface area contributed by atoms with Crippen LogP contribution in [0.15, 0.2) is 73.1 Å². The van der Waals surface area contributed by atoms with E-state index in [2.05, 4.69) is 20.9 Å². The Bertz CT molecular complexity index is 1070. The number of nitrogens with one attached hydrogen (secondary N) is 3. The number of ether oxygens (including phenoxy) is 1. The van der Waals surface area contributed by atoms with Crippen molar-refractivity contribution < 1.29 is 19.1 Å². The van der Waals surface area contributed by atoms with Gasteiger partial charge in [-0.3, -0.25) is 19.4 Å². The third kappa shape index (κ3) is 6.66. The Hall–Kier alpha value is -4.20. The van der Waals surface area contributed by atoms with Crippen LogP contribution in [-0.4, -0.2) is 36.4 Å². The van der Waals surface area contributed by atoms with Crippen LogP contribution in [0, 0.1) is 0 Å². The lowest BCUT2D eigenvalue weighted by Crippen LogP contribution is -2.25. The first-order valence-electron chi connectivity index (χ1n) is 10.1. The molecule has 1 aromatic heterocycles. The van der Waals surface area contributed by atoms with Crippen LogP contribution in [0.1, 0.15) is 33.6 Å². The minimum atomic E-state index is -0.284. The number of hydrogen-bond acceptors (Lipinski definition) is 5. The first kappa shape index (κ1) is 22.5. The summed E-state index contributed by atoms with van der Waals surface area (Å²) in [6, 6.07) is 16.9. The molecule has 3 amide bonds. The van der Waals surface area contributed by atoms with Gasteiger partial charge in [-0.1, -0.05) is 6.07 Å². The van der Waals surface area contributed by atoms with Crippen LogP contribution in [0.4, 0.5) is 11.4 Å². The molecule has 2 aromatic carbocycles. The number of methoxy groups -OCH3 is 1. The second-order valence-corrected chi connectivity index (χ2v) is 6.91. The highest BCUT2D eigenvalue weighted by Crippen LogP contribution is 2.14. The van der Waals surface area contributed by atoms with E-state index in [0.717, 1.165) is 0 Å². The SMILES string of the molecule is COc1ccc(C(=O)NCCCC(=O)Nc2cccc(C(=O)Nc3ccncc3)c2)cc1. The number of carbonyl (C=O) groups is 3. The molecule has 3 rings (SSSR count). The average molecular weight is 432 g/mol. The van der Waals surface area contributed by atoms with Crippen LogP contribution in [0.3, 0.4) is 0 Å². The van der Waals surface area contributed by atoms with Gasteiger partial charge in [-0.25, -0.2) is 0 Å². The molecule has 0 bridgehead atoms. The van der Waals surface area contributed by atoms with Crippen molar-refractivity contribution in [3.63, 3.8) is 0 Å². The van der Waals surface area contributed by atoms with Gasteiger partial charge in [0.25, 0.3) is 11.8 Å². The van der Waals surface area contributed by atoms with E-state index >= 15 is 0 Å². The number of anilines is 2. The van der Waals surface area contributed by atoms with Crippen molar-refractivity contribution in [1.29, 1.82) is 0 Å². The Labute approximate surface area is 186 Å². The number of benzene rings is 2. The molecule has 8 nitrogen and oxygen atoms in total. The lowest BCUT2D eigenvalue weighted by molar-refractivity contribution is -0.116. The average Bonchev–Trinajstić information content (AvgIpc) is 2.82. The number of amides is 3. The molecule has 8 heteroatoms. The maximum absolute atomic E-state index is 12.4. The summed E-state index contributed by atoms with van der Waals surface area (Å²) in [7, 11) is 1.56. The van der Waals surface area contributed by atoms with Crippen LogP contribution in [-0.2, 0) is 4.79 Å². The van der Waals surface area contributed by atoms with Crippen molar-refractivity contribution in [2.24, 2.45) is 0 Å². The molecular formula is C24H24N4O4. The number of rotatable bonds is 9. The second kappa shape index (κ2) is 11.3. The number of aromatic nitrogens is 1. The summed E-state index contributed by atoms with van der Waals surface area (Å²) in [5.74, 6) is -0.0120. The monoisotopic (exact) mass is 432 g/mol. The molecule has 164 valence electrons. The fraction of sp³-hybridized carbons (Fsp3) is 0.167. The van der Waals surface area contributed by atoms with Crippen molar-refractivity contribution in [3.8, 4) is 5.75 Å². The van der Waals surface area contributed by atoms with Gasteiger partial charge in [0.15, 0.2) is 0 Å². The molecule has 0 spiro atoms. The Balaban J connectivity index is 1.43. The van der Waals surface area contributed by atoms with Crippen LogP contribution >= 0.6 is 0 Å². The summed E-state index contributed by atoms with van der Waals surface area (Å²) >= 11 is 0. The van der Waals surface area contributed by atoms with E-state index < -0.39 is 0 Å². The summed E-state index contributed by atoms with van der Waals surface area (Å²) in [4.78, 5) is 40.6. The van der Waals surface area contributed by atoms with E-state index in [1.165, 1.54) is 0 Å². The van der Waals surface area contributed by atoms with E-state index in [1.54, 1.807) is 80.2 Å². The third-order valence-corrected chi connectivity index (χ3v) is 4.57. The molecule has 0 unspecified atom stereocenters. The normalized spacial score (nSPS) is 10.2. The first-order valence-corrected chi connectivity index (χ1v) is 10.1. The summed E-state index contributed by atoms with van der Waals surface area (Å²) in [6.07, 6.45) is 3.89. The molecule has 0 aliphatic carbocycles. The Morgan fingerprint density at radius 1 is 0.844 bits per heavy atom. The highest BCUT2D eigenvalue weighted by molar-refractivity contribution is 6.05. The molecule has 0 aliphatic rings. The number of nitrogens with zero attached hydrogens (tertiary/aromatic N) is 1. The maximum Gasteiger partial charge on any atom is 0.255 e. The van der Waals surface area contributed by atoms with Gasteiger partial charge in [0.05, 0.1) is 7.11 Å². The van der Waals surface area contributed by atoms with Crippen molar-refractivity contribution >= 4 is 29.1 Å². The van der Waals surface area contributed by atoms with Gasteiger partial charge in [-0.2, -0.15) is 0 Å². The third-order valence-electron chi connectivity index (χ3n) is 4.57. The van der Waals surface area contributed by atoms with E-state index in [4.69, 9.17) is 4.74 Å². The van der Waals surface area contributed by atoms with Gasteiger partial charge in [0.2, 0.25) is 5.91 Å². The predicted molar refractivity (Wildman–Crippen MR) is 122 cm³/mol. The zero-order valence-electron chi connectivity index (χ0n) is 17.6. The Morgan fingerprint density at radius 2 is 1.59 bits per heavy atom. The molecule has 32 heavy (non-hydrogen) atoms. The quantitative estimate of drug-likeness (QED) is 0.449. The Kier molecular flexibility index (Phi) is 7.91. The largest absolute Gasteiger partial charge is 0.497 e. The van der Waals surface area contributed by atoms with E-state index in [0.29, 0.717) is 41.2 Å². The van der Waals surface area contributed by atoms with E-state index in [-0.39, 0.29) is 24.1 Å². The zero-order valence-corrected chi connectivity index (χ0v) is 17.6.